The van der Waals surface area contributed by atoms with Gasteiger partial charge in [-0.25, -0.2) is 4.79 Å². The van der Waals surface area contributed by atoms with Crippen LogP contribution in [0.3, 0.4) is 0 Å². The van der Waals surface area contributed by atoms with Gasteiger partial charge in [0.1, 0.15) is 0 Å². The number of carbonyl (C=O) groups excluding carboxylic acids is 2. The van der Waals surface area contributed by atoms with E-state index in [9.17, 15) is 9.59 Å². The number of carbonyl (C=O) groups is 2. The van der Waals surface area contributed by atoms with Crippen molar-refractivity contribution in [1.29, 1.82) is 0 Å². The average molecular weight is 411 g/mol. The van der Waals surface area contributed by atoms with Crippen molar-refractivity contribution in [3.8, 4) is 0 Å². The summed E-state index contributed by atoms with van der Waals surface area (Å²) in [5.74, 6) is -0.360. The zero-order chi connectivity index (χ0) is 13.0. The molecule has 0 aliphatic carbocycles. The van der Waals surface area contributed by atoms with Crippen molar-refractivity contribution in [1.82, 2.24) is 0 Å². The second kappa shape index (κ2) is 6.49. The summed E-state index contributed by atoms with van der Waals surface area (Å²) < 4.78 is 5.65. The number of alkyl halides is 1. The van der Waals surface area contributed by atoms with E-state index in [1.165, 1.54) is 0 Å². The number of halogens is 2. The number of Topliss-reactive ketones (excluding diaryl/α,β-unsaturated/α-hetero) is 1. The highest BCUT2D eigenvalue weighted by atomic mass is 127. The first-order chi connectivity index (χ1) is 7.97. The zero-order valence-corrected chi connectivity index (χ0v) is 13.2. The molecule has 1 aromatic carbocycles. The standard InChI is InChI=1S/C12H12BrIO3/c1-3-17-12(16)8-4-5-9(10(14)6-8)11(15)7(2)13/h4-7H,3H2,1-2H3. The van der Waals surface area contributed by atoms with Crippen molar-refractivity contribution in [2.24, 2.45) is 0 Å². The molecule has 92 valence electrons. The Labute approximate surface area is 122 Å². The minimum Gasteiger partial charge on any atom is -0.462 e. The molecular weight excluding hydrogens is 399 g/mol. The van der Waals surface area contributed by atoms with Gasteiger partial charge in [0, 0.05) is 9.13 Å². The van der Waals surface area contributed by atoms with Crippen LogP contribution in [0, 0.1) is 3.57 Å². The SMILES string of the molecule is CCOC(=O)c1ccc(C(=O)C(C)Br)c(I)c1. The molecule has 0 radical (unpaired) electrons. The lowest BCUT2D eigenvalue weighted by molar-refractivity contribution is 0.0526. The Morgan fingerprint density at radius 3 is 2.59 bits per heavy atom. The molecule has 5 heteroatoms. The summed E-state index contributed by atoms with van der Waals surface area (Å²) in [6.07, 6.45) is 0. The van der Waals surface area contributed by atoms with Gasteiger partial charge in [0.25, 0.3) is 0 Å². The molecule has 3 nitrogen and oxygen atoms in total. The predicted molar refractivity (Wildman–Crippen MR) is 77.8 cm³/mol. The number of ketones is 1. The summed E-state index contributed by atoms with van der Waals surface area (Å²) in [7, 11) is 0. The molecule has 0 aliphatic rings. The zero-order valence-electron chi connectivity index (χ0n) is 9.50. The van der Waals surface area contributed by atoms with Crippen LogP contribution in [0.15, 0.2) is 18.2 Å². The van der Waals surface area contributed by atoms with E-state index in [0.29, 0.717) is 17.7 Å². The van der Waals surface area contributed by atoms with Gasteiger partial charge in [-0.3, -0.25) is 4.79 Å². The van der Waals surface area contributed by atoms with Gasteiger partial charge >= 0.3 is 5.97 Å². The predicted octanol–water partition coefficient (Wildman–Crippen LogP) is 3.43. The molecule has 0 amide bonds. The van der Waals surface area contributed by atoms with E-state index >= 15 is 0 Å². The molecule has 0 saturated heterocycles. The van der Waals surface area contributed by atoms with Gasteiger partial charge in [-0.05, 0) is 54.6 Å². The van der Waals surface area contributed by atoms with Crippen LogP contribution in [0.2, 0.25) is 0 Å². The van der Waals surface area contributed by atoms with E-state index < -0.39 is 0 Å². The molecule has 0 fully saturated rings. The Morgan fingerprint density at radius 1 is 1.47 bits per heavy atom. The summed E-state index contributed by atoms with van der Waals surface area (Å²) >= 11 is 5.29. The van der Waals surface area contributed by atoms with Crippen LogP contribution in [-0.4, -0.2) is 23.2 Å². The molecule has 1 rings (SSSR count). The number of ether oxygens (including phenoxy) is 1. The summed E-state index contributed by atoms with van der Waals surface area (Å²) in [6.45, 7) is 3.87. The number of hydrogen-bond donors (Lipinski definition) is 0. The minimum atomic E-state index is -0.365. The molecule has 0 saturated carbocycles. The van der Waals surface area contributed by atoms with E-state index in [-0.39, 0.29) is 16.6 Å². The van der Waals surface area contributed by atoms with E-state index in [2.05, 4.69) is 15.9 Å². The van der Waals surface area contributed by atoms with Gasteiger partial charge in [-0.2, -0.15) is 0 Å². The molecule has 1 aromatic rings. The van der Waals surface area contributed by atoms with Gasteiger partial charge in [-0.1, -0.05) is 15.9 Å². The highest BCUT2D eigenvalue weighted by Gasteiger charge is 2.17. The molecule has 1 atom stereocenters. The van der Waals surface area contributed by atoms with E-state index in [1.54, 1.807) is 32.0 Å². The van der Waals surface area contributed by atoms with Gasteiger partial charge < -0.3 is 4.74 Å². The third-order valence-corrected chi connectivity index (χ3v) is 3.42. The molecule has 0 bridgehead atoms. The van der Waals surface area contributed by atoms with Crippen LogP contribution in [0.25, 0.3) is 0 Å². The van der Waals surface area contributed by atoms with Gasteiger partial charge in [-0.15, -0.1) is 0 Å². The fraction of sp³-hybridized carbons (Fsp3) is 0.333. The monoisotopic (exact) mass is 410 g/mol. The molecule has 0 heterocycles. The lowest BCUT2D eigenvalue weighted by Crippen LogP contribution is -2.13. The molecule has 0 aromatic heterocycles. The second-order valence-corrected chi connectivity index (χ2v) is 5.93. The maximum absolute atomic E-state index is 11.8. The molecule has 17 heavy (non-hydrogen) atoms. The Balaban J connectivity index is 3.02. The second-order valence-electron chi connectivity index (χ2n) is 3.40. The van der Waals surface area contributed by atoms with Crippen molar-refractivity contribution in [2.45, 2.75) is 18.7 Å². The Kier molecular flexibility index (Phi) is 5.58. The highest BCUT2D eigenvalue weighted by molar-refractivity contribution is 14.1. The van der Waals surface area contributed by atoms with Crippen LogP contribution in [0.4, 0.5) is 0 Å². The quantitative estimate of drug-likeness (QED) is 0.330. The summed E-state index contributed by atoms with van der Waals surface area (Å²) in [5, 5.41) is 0. The molecule has 1 unspecified atom stereocenters. The Morgan fingerprint density at radius 2 is 2.12 bits per heavy atom. The summed E-state index contributed by atoms with van der Waals surface area (Å²) in [6, 6.07) is 4.94. The first-order valence-corrected chi connectivity index (χ1v) is 7.11. The topological polar surface area (TPSA) is 43.4 Å². The van der Waals surface area contributed by atoms with Crippen LogP contribution < -0.4 is 0 Å². The number of rotatable bonds is 4. The van der Waals surface area contributed by atoms with E-state index in [1.807, 2.05) is 22.6 Å². The largest absolute Gasteiger partial charge is 0.462 e. The van der Waals surface area contributed by atoms with Crippen molar-refractivity contribution in [3.63, 3.8) is 0 Å². The fourth-order valence-electron chi connectivity index (χ4n) is 1.27. The van der Waals surface area contributed by atoms with Crippen LogP contribution in [0.1, 0.15) is 34.6 Å². The van der Waals surface area contributed by atoms with Crippen molar-refractivity contribution >= 4 is 50.3 Å². The van der Waals surface area contributed by atoms with E-state index in [0.717, 1.165) is 3.57 Å². The third kappa shape index (κ3) is 3.77. The van der Waals surface area contributed by atoms with Gasteiger partial charge in [0.2, 0.25) is 0 Å². The number of esters is 1. The van der Waals surface area contributed by atoms with Crippen LogP contribution in [-0.2, 0) is 4.74 Å². The van der Waals surface area contributed by atoms with Crippen LogP contribution in [0.5, 0.6) is 0 Å². The Bertz CT molecular complexity index is 443. The summed E-state index contributed by atoms with van der Waals surface area (Å²) in [5.41, 5.74) is 1.08. The van der Waals surface area contributed by atoms with E-state index in [4.69, 9.17) is 4.74 Å². The molecule has 0 spiro atoms. The maximum Gasteiger partial charge on any atom is 0.338 e. The van der Waals surface area contributed by atoms with Gasteiger partial charge in [0.05, 0.1) is 17.0 Å². The molecule has 0 N–H and O–H groups in total. The number of benzene rings is 1. The summed E-state index contributed by atoms with van der Waals surface area (Å²) in [4.78, 5) is 23.1. The van der Waals surface area contributed by atoms with Crippen molar-refractivity contribution in [2.75, 3.05) is 6.61 Å². The maximum atomic E-state index is 11.8. The number of hydrogen-bond acceptors (Lipinski definition) is 3. The van der Waals surface area contributed by atoms with Crippen molar-refractivity contribution < 1.29 is 14.3 Å². The third-order valence-electron chi connectivity index (χ3n) is 2.11. The highest BCUT2D eigenvalue weighted by Crippen LogP contribution is 2.19. The van der Waals surface area contributed by atoms with Gasteiger partial charge in [0.15, 0.2) is 5.78 Å². The smallest absolute Gasteiger partial charge is 0.338 e. The first-order valence-electron chi connectivity index (χ1n) is 5.12. The Hall–Kier alpha value is -0.430. The molecular formula is C12H12BrIO3. The lowest BCUT2D eigenvalue weighted by atomic mass is 10.1. The lowest BCUT2D eigenvalue weighted by Gasteiger charge is -2.07. The minimum absolute atomic E-state index is 0.00445. The van der Waals surface area contributed by atoms with Crippen molar-refractivity contribution in [3.05, 3.63) is 32.9 Å². The van der Waals surface area contributed by atoms with Crippen LogP contribution >= 0.6 is 38.5 Å². The average Bonchev–Trinajstić information content (AvgIpc) is 2.28. The normalized spacial score (nSPS) is 12.0. The first kappa shape index (κ1) is 14.6. The molecule has 0 aliphatic heterocycles. The fourth-order valence-corrected chi connectivity index (χ4v) is 2.30.